The molecule has 1 fully saturated rings. The number of carbonyl (C=O) groups is 2. The number of thiazole rings is 1. The van der Waals surface area contributed by atoms with Gasteiger partial charge in [0.2, 0.25) is 5.91 Å². The third-order valence-electron chi connectivity index (χ3n) is 4.35. The van der Waals surface area contributed by atoms with Crippen molar-refractivity contribution in [2.45, 2.75) is 38.9 Å². The average molecular weight is 372 g/mol. The van der Waals surface area contributed by atoms with Crippen LogP contribution in [0.1, 0.15) is 30.3 Å². The largest absolute Gasteiger partial charge is 0.341 e. The first kappa shape index (κ1) is 18.4. The van der Waals surface area contributed by atoms with Crippen molar-refractivity contribution >= 4 is 23.3 Å². The normalized spacial score (nSPS) is 16.7. The average Bonchev–Trinajstić information content (AvgIpc) is 3.26. The van der Waals surface area contributed by atoms with Gasteiger partial charge in [-0.3, -0.25) is 4.79 Å². The van der Waals surface area contributed by atoms with Crippen molar-refractivity contribution in [3.8, 4) is 0 Å². The molecule has 138 valence electrons. The van der Waals surface area contributed by atoms with Crippen LogP contribution in [-0.2, 0) is 17.9 Å². The second-order valence-corrected chi connectivity index (χ2v) is 7.44. The Morgan fingerprint density at radius 1 is 1.35 bits per heavy atom. The van der Waals surface area contributed by atoms with Gasteiger partial charge >= 0.3 is 6.03 Å². The van der Waals surface area contributed by atoms with Crippen LogP contribution >= 0.6 is 11.3 Å². The van der Waals surface area contributed by atoms with Crippen molar-refractivity contribution in [1.29, 1.82) is 0 Å². The minimum absolute atomic E-state index is 0.117. The summed E-state index contributed by atoms with van der Waals surface area (Å²) in [6.07, 6.45) is 3.05. The van der Waals surface area contributed by atoms with Crippen LogP contribution in [0.5, 0.6) is 0 Å². The number of hydrogen-bond acceptors (Lipinski definition) is 4. The number of amides is 3. The maximum Gasteiger partial charge on any atom is 0.318 e. The van der Waals surface area contributed by atoms with Crippen molar-refractivity contribution in [2.24, 2.45) is 0 Å². The molecule has 1 aromatic heterocycles. The third-order valence-corrected chi connectivity index (χ3v) is 5.11. The molecule has 3 rings (SSSR count). The quantitative estimate of drug-likeness (QED) is 0.813. The Kier molecular flexibility index (Phi) is 6.22. The molecule has 2 heterocycles. The molecule has 26 heavy (non-hydrogen) atoms. The zero-order valence-electron chi connectivity index (χ0n) is 14.9. The van der Waals surface area contributed by atoms with E-state index in [-0.39, 0.29) is 18.0 Å². The lowest BCUT2D eigenvalue weighted by Crippen LogP contribution is -2.45. The summed E-state index contributed by atoms with van der Waals surface area (Å²) in [7, 11) is 0. The summed E-state index contributed by atoms with van der Waals surface area (Å²) in [5, 5.41) is 5.84. The second kappa shape index (κ2) is 8.80. The fraction of sp³-hybridized carbons (Fsp3) is 0.421. The number of hydrogen-bond donors (Lipinski definition) is 1. The molecule has 1 aromatic carbocycles. The van der Waals surface area contributed by atoms with Gasteiger partial charge in [-0.05, 0) is 12.0 Å². The topological polar surface area (TPSA) is 65.5 Å². The first-order valence-corrected chi connectivity index (χ1v) is 9.79. The van der Waals surface area contributed by atoms with Gasteiger partial charge < -0.3 is 15.1 Å². The molecule has 2 aromatic rings. The Morgan fingerprint density at radius 2 is 2.15 bits per heavy atom. The summed E-state index contributed by atoms with van der Waals surface area (Å²) in [6, 6.07) is 9.62. The molecule has 1 aliphatic rings. The van der Waals surface area contributed by atoms with Crippen LogP contribution in [0.4, 0.5) is 4.79 Å². The lowest BCUT2D eigenvalue weighted by Gasteiger charge is -2.24. The molecular formula is C19H24N4O2S. The van der Waals surface area contributed by atoms with Gasteiger partial charge in [0.1, 0.15) is 5.01 Å². The summed E-state index contributed by atoms with van der Waals surface area (Å²) < 4.78 is 0. The summed E-state index contributed by atoms with van der Waals surface area (Å²) in [5.74, 6) is 0.117. The summed E-state index contributed by atoms with van der Waals surface area (Å²) in [4.78, 5) is 32.8. The van der Waals surface area contributed by atoms with Crippen LogP contribution in [0.3, 0.4) is 0 Å². The fourth-order valence-electron chi connectivity index (χ4n) is 3.12. The van der Waals surface area contributed by atoms with E-state index in [9.17, 15) is 9.59 Å². The molecule has 0 aliphatic carbocycles. The molecule has 0 unspecified atom stereocenters. The lowest BCUT2D eigenvalue weighted by atomic mass is 10.2. The van der Waals surface area contributed by atoms with Crippen molar-refractivity contribution in [1.82, 2.24) is 20.1 Å². The van der Waals surface area contributed by atoms with Gasteiger partial charge in [0.15, 0.2) is 0 Å². The number of aromatic nitrogens is 1. The molecule has 0 spiro atoms. The monoisotopic (exact) mass is 372 g/mol. The molecule has 1 saturated heterocycles. The molecule has 1 atom stereocenters. The van der Waals surface area contributed by atoms with E-state index in [2.05, 4.69) is 17.2 Å². The van der Waals surface area contributed by atoms with E-state index in [0.29, 0.717) is 26.1 Å². The Hall–Kier alpha value is -2.41. The Bertz CT molecular complexity index is 720. The number of carbonyl (C=O) groups excluding carboxylic acids is 2. The van der Waals surface area contributed by atoms with Crippen LogP contribution < -0.4 is 5.32 Å². The molecule has 1 N–H and O–H groups in total. The SMILES string of the molecule is CCCN1C[C@@H](NC(=O)N(Cc2ccccc2)Cc2nccs2)CC1=O. The molecule has 0 bridgehead atoms. The number of likely N-dealkylation sites (tertiary alicyclic amines) is 1. The lowest BCUT2D eigenvalue weighted by molar-refractivity contribution is -0.127. The number of nitrogens with zero attached hydrogens (tertiary/aromatic N) is 3. The first-order chi connectivity index (χ1) is 12.7. The van der Waals surface area contributed by atoms with E-state index in [1.54, 1.807) is 11.1 Å². The van der Waals surface area contributed by atoms with Gasteiger partial charge in [0, 0.05) is 37.6 Å². The molecule has 3 amide bonds. The molecule has 7 heteroatoms. The van der Waals surface area contributed by atoms with Gasteiger partial charge in [-0.15, -0.1) is 11.3 Å². The van der Waals surface area contributed by atoms with E-state index in [1.165, 1.54) is 11.3 Å². The van der Waals surface area contributed by atoms with Gasteiger partial charge in [-0.2, -0.15) is 0 Å². The highest BCUT2D eigenvalue weighted by Crippen LogP contribution is 2.15. The standard InChI is InChI=1S/C19H24N4O2S/c1-2-9-22-13-16(11-18(22)24)21-19(25)23(14-17-20-8-10-26-17)12-15-6-4-3-5-7-15/h3-8,10,16H,2,9,11-14H2,1H3,(H,21,25)/t16-/m0/s1. The van der Waals surface area contributed by atoms with Crippen molar-refractivity contribution in [3.05, 3.63) is 52.5 Å². The summed E-state index contributed by atoms with van der Waals surface area (Å²) in [5.41, 5.74) is 1.06. The van der Waals surface area contributed by atoms with E-state index in [0.717, 1.165) is 23.5 Å². The van der Waals surface area contributed by atoms with E-state index >= 15 is 0 Å². The van der Waals surface area contributed by atoms with Crippen molar-refractivity contribution < 1.29 is 9.59 Å². The Balaban J connectivity index is 1.65. The molecule has 1 aliphatic heterocycles. The minimum atomic E-state index is -0.153. The van der Waals surface area contributed by atoms with Crippen molar-refractivity contribution in [3.63, 3.8) is 0 Å². The molecular weight excluding hydrogens is 348 g/mol. The smallest absolute Gasteiger partial charge is 0.318 e. The zero-order valence-corrected chi connectivity index (χ0v) is 15.7. The number of urea groups is 1. The first-order valence-electron chi connectivity index (χ1n) is 8.91. The number of rotatable bonds is 7. The van der Waals surface area contributed by atoms with Crippen molar-refractivity contribution in [2.75, 3.05) is 13.1 Å². The number of nitrogens with one attached hydrogen (secondary N) is 1. The van der Waals surface area contributed by atoms with Crippen LogP contribution in [0, 0.1) is 0 Å². The third kappa shape index (κ3) is 4.82. The predicted octanol–water partition coefficient (Wildman–Crippen LogP) is 2.87. The number of benzene rings is 1. The highest BCUT2D eigenvalue weighted by atomic mass is 32.1. The zero-order chi connectivity index (χ0) is 18.4. The highest BCUT2D eigenvalue weighted by Gasteiger charge is 2.31. The maximum absolute atomic E-state index is 12.9. The van der Waals surface area contributed by atoms with E-state index < -0.39 is 0 Å². The van der Waals surface area contributed by atoms with Crippen LogP contribution in [-0.4, -0.2) is 45.9 Å². The van der Waals surface area contributed by atoms with Gasteiger partial charge in [0.05, 0.1) is 12.6 Å². The van der Waals surface area contributed by atoms with Gasteiger partial charge in [0.25, 0.3) is 0 Å². The molecule has 6 nitrogen and oxygen atoms in total. The Labute approximate surface area is 157 Å². The second-order valence-electron chi connectivity index (χ2n) is 6.46. The minimum Gasteiger partial charge on any atom is -0.341 e. The fourth-order valence-corrected chi connectivity index (χ4v) is 3.75. The summed E-state index contributed by atoms with van der Waals surface area (Å²) >= 11 is 1.53. The summed E-state index contributed by atoms with van der Waals surface area (Å²) in [6.45, 7) is 4.35. The highest BCUT2D eigenvalue weighted by molar-refractivity contribution is 7.09. The van der Waals surface area contributed by atoms with E-state index in [4.69, 9.17) is 0 Å². The molecule has 0 radical (unpaired) electrons. The van der Waals surface area contributed by atoms with E-state index in [1.807, 2.05) is 40.6 Å². The molecule has 0 saturated carbocycles. The van der Waals surface area contributed by atoms with Crippen LogP contribution in [0.25, 0.3) is 0 Å². The maximum atomic E-state index is 12.9. The van der Waals surface area contributed by atoms with Crippen LogP contribution in [0.15, 0.2) is 41.9 Å². The van der Waals surface area contributed by atoms with Gasteiger partial charge in [-0.1, -0.05) is 37.3 Å². The predicted molar refractivity (Wildman–Crippen MR) is 102 cm³/mol. The Morgan fingerprint density at radius 3 is 2.85 bits per heavy atom. The van der Waals surface area contributed by atoms with Crippen LogP contribution in [0.2, 0.25) is 0 Å². The van der Waals surface area contributed by atoms with Gasteiger partial charge in [-0.25, -0.2) is 9.78 Å².